The highest BCUT2D eigenvalue weighted by Crippen LogP contribution is 2.27. The molecule has 2 heterocycles. The van der Waals surface area contributed by atoms with E-state index in [2.05, 4.69) is 13.8 Å². The first-order chi connectivity index (χ1) is 33.1. The van der Waals surface area contributed by atoms with Crippen molar-refractivity contribution in [1.82, 2.24) is 0 Å². The SMILES string of the molecule is CCCCCCCCCCCCCCCCCCCCCCCCCC(=O)OC(COCCCCCCCCCCCCC)COC1OC(COC2OC(CO)C(O)C(O)C2O)C(O)C(O)C1O. The third-order valence-corrected chi connectivity index (χ3v) is 13.9. The molecule has 0 saturated carbocycles. The zero-order valence-corrected chi connectivity index (χ0v) is 43.1. The minimum atomic E-state index is -1.70. The van der Waals surface area contributed by atoms with Crippen molar-refractivity contribution in [3.8, 4) is 0 Å². The molecule has 0 radical (unpaired) electrons. The van der Waals surface area contributed by atoms with Crippen molar-refractivity contribution in [3.05, 3.63) is 0 Å². The van der Waals surface area contributed by atoms with Gasteiger partial charge in [0, 0.05) is 13.0 Å². The average Bonchev–Trinajstić information content (AvgIpc) is 3.33. The zero-order chi connectivity index (χ0) is 49.5. The highest BCUT2D eigenvalue weighted by Gasteiger charge is 2.47. The average molecular weight is 977 g/mol. The zero-order valence-electron chi connectivity index (χ0n) is 43.1. The summed E-state index contributed by atoms with van der Waals surface area (Å²) in [5.41, 5.74) is 0. The molecule has 7 N–H and O–H groups in total. The fourth-order valence-corrected chi connectivity index (χ4v) is 9.29. The van der Waals surface area contributed by atoms with Gasteiger partial charge in [-0.3, -0.25) is 4.79 Å². The summed E-state index contributed by atoms with van der Waals surface area (Å²) in [5, 5.41) is 72.2. The number of aliphatic hydroxyl groups excluding tert-OH is 7. The Morgan fingerprint density at radius 3 is 1.19 bits per heavy atom. The summed E-state index contributed by atoms with van der Waals surface area (Å²) < 4.78 is 34.3. The van der Waals surface area contributed by atoms with Gasteiger partial charge in [-0.2, -0.15) is 0 Å². The quantitative estimate of drug-likeness (QED) is 0.0224. The van der Waals surface area contributed by atoms with Crippen LogP contribution in [0.5, 0.6) is 0 Å². The number of unbranched alkanes of at least 4 members (excludes halogenated alkanes) is 32. The van der Waals surface area contributed by atoms with E-state index in [1.54, 1.807) is 0 Å². The van der Waals surface area contributed by atoms with Gasteiger partial charge in [0.05, 0.1) is 26.4 Å². The maximum absolute atomic E-state index is 13.0. The summed E-state index contributed by atoms with van der Waals surface area (Å²) in [6.45, 7) is 3.74. The van der Waals surface area contributed by atoms with Crippen LogP contribution in [-0.4, -0.2) is 142 Å². The molecule has 0 spiro atoms. The first kappa shape index (κ1) is 63.1. The van der Waals surface area contributed by atoms with Crippen molar-refractivity contribution < 1.29 is 69.0 Å². The molecule has 2 aliphatic heterocycles. The molecule has 11 unspecified atom stereocenters. The van der Waals surface area contributed by atoms with E-state index in [0.29, 0.717) is 6.61 Å². The van der Waals surface area contributed by atoms with Gasteiger partial charge >= 0.3 is 5.97 Å². The molecule has 68 heavy (non-hydrogen) atoms. The Kier molecular flexibility index (Phi) is 39.4. The first-order valence-corrected chi connectivity index (χ1v) is 28.1. The van der Waals surface area contributed by atoms with Crippen LogP contribution in [-0.2, 0) is 33.2 Å². The normalized spacial score (nSPS) is 25.8. The van der Waals surface area contributed by atoms with Crippen LogP contribution in [0, 0.1) is 0 Å². The van der Waals surface area contributed by atoms with Crippen LogP contribution >= 0.6 is 0 Å². The van der Waals surface area contributed by atoms with Crippen LogP contribution in [0.4, 0.5) is 0 Å². The Balaban J connectivity index is 1.67. The molecule has 14 heteroatoms. The monoisotopic (exact) mass is 977 g/mol. The predicted molar refractivity (Wildman–Crippen MR) is 266 cm³/mol. The van der Waals surface area contributed by atoms with E-state index in [9.17, 15) is 40.5 Å². The molecule has 11 atom stereocenters. The Hall–Kier alpha value is -1.01. The lowest BCUT2D eigenvalue weighted by Gasteiger charge is -2.42. The highest BCUT2D eigenvalue weighted by molar-refractivity contribution is 5.69. The van der Waals surface area contributed by atoms with Gasteiger partial charge in [0.2, 0.25) is 0 Å². The Labute approximate surface area is 412 Å². The van der Waals surface area contributed by atoms with Gasteiger partial charge in [-0.1, -0.05) is 219 Å². The van der Waals surface area contributed by atoms with Crippen molar-refractivity contribution in [2.45, 2.75) is 306 Å². The maximum atomic E-state index is 13.0. The molecule has 2 aliphatic rings. The molecule has 404 valence electrons. The van der Waals surface area contributed by atoms with E-state index >= 15 is 0 Å². The van der Waals surface area contributed by atoms with E-state index in [1.807, 2.05) is 0 Å². The van der Waals surface area contributed by atoms with Gasteiger partial charge in [-0.15, -0.1) is 0 Å². The molecule has 0 aromatic carbocycles. The molecular weight excluding hydrogens is 873 g/mol. The number of carbonyl (C=O) groups is 1. The topological polar surface area (TPSA) is 214 Å². The molecule has 0 aliphatic carbocycles. The van der Waals surface area contributed by atoms with Crippen molar-refractivity contribution in [2.24, 2.45) is 0 Å². The van der Waals surface area contributed by atoms with Gasteiger partial charge in [0.1, 0.15) is 54.9 Å². The molecule has 2 fully saturated rings. The van der Waals surface area contributed by atoms with Crippen molar-refractivity contribution in [3.63, 3.8) is 0 Å². The number of hydrogen-bond donors (Lipinski definition) is 7. The minimum absolute atomic E-state index is 0.0700. The number of rotatable bonds is 46. The lowest BCUT2D eigenvalue weighted by Crippen LogP contribution is -2.61. The molecule has 0 aromatic heterocycles. The second-order valence-electron chi connectivity index (χ2n) is 20.1. The molecule has 2 saturated heterocycles. The second kappa shape index (κ2) is 42.5. The van der Waals surface area contributed by atoms with Crippen LogP contribution < -0.4 is 0 Å². The number of hydrogen-bond acceptors (Lipinski definition) is 14. The maximum Gasteiger partial charge on any atom is 0.306 e. The molecule has 14 nitrogen and oxygen atoms in total. The van der Waals surface area contributed by atoms with E-state index in [0.717, 1.165) is 44.9 Å². The van der Waals surface area contributed by atoms with Crippen molar-refractivity contribution in [2.75, 3.05) is 33.0 Å². The third-order valence-electron chi connectivity index (χ3n) is 13.9. The fourth-order valence-electron chi connectivity index (χ4n) is 9.29. The second-order valence-corrected chi connectivity index (χ2v) is 20.1. The molecule has 0 amide bonds. The summed E-state index contributed by atoms with van der Waals surface area (Å²) >= 11 is 0. The van der Waals surface area contributed by atoms with E-state index in [1.165, 1.54) is 173 Å². The molecule has 2 rings (SSSR count). The van der Waals surface area contributed by atoms with Crippen LogP contribution in [0.2, 0.25) is 0 Å². The largest absolute Gasteiger partial charge is 0.457 e. The Morgan fingerprint density at radius 1 is 0.426 bits per heavy atom. The van der Waals surface area contributed by atoms with E-state index < -0.39 is 80.7 Å². The van der Waals surface area contributed by atoms with Crippen LogP contribution in [0.25, 0.3) is 0 Å². The lowest BCUT2D eigenvalue weighted by molar-refractivity contribution is -0.332. The summed E-state index contributed by atoms with van der Waals surface area (Å²) in [7, 11) is 0. The van der Waals surface area contributed by atoms with Gasteiger partial charge in [0.15, 0.2) is 12.6 Å². The van der Waals surface area contributed by atoms with E-state index in [-0.39, 0.29) is 25.6 Å². The van der Waals surface area contributed by atoms with E-state index in [4.69, 9.17) is 28.4 Å². The third kappa shape index (κ3) is 29.5. The fraction of sp³-hybridized carbons (Fsp3) is 0.981. The van der Waals surface area contributed by atoms with Gasteiger partial charge in [-0.25, -0.2) is 0 Å². The van der Waals surface area contributed by atoms with Crippen LogP contribution in [0.3, 0.4) is 0 Å². The predicted octanol–water partition coefficient (Wildman–Crippen LogP) is 9.25. The molecular formula is C54H104O14. The van der Waals surface area contributed by atoms with Crippen LogP contribution in [0.15, 0.2) is 0 Å². The Bertz CT molecular complexity index is 1130. The first-order valence-electron chi connectivity index (χ1n) is 28.1. The summed E-state index contributed by atoms with van der Waals surface area (Å²) in [6, 6.07) is 0. The van der Waals surface area contributed by atoms with Gasteiger partial charge < -0.3 is 64.2 Å². The van der Waals surface area contributed by atoms with Gasteiger partial charge in [-0.05, 0) is 12.8 Å². The summed E-state index contributed by atoms with van der Waals surface area (Å²) in [4.78, 5) is 13.0. The minimum Gasteiger partial charge on any atom is -0.457 e. The summed E-state index contributed by atoms with van der Waals surface area (Å²) in [6.07, 6.45) is 27.5. The van der Waals surface area contributed by atoms with Crippen LogP contribution in [0.1, 0.15) is 239 Å². The standard InChI is InChI=1S/C54H104O14/c1-3-5-7-9-11-13-15-16-17-18-19-20-21-22-23-24-25-26-27-29-31-33-35-37-46(56)66-43(40-63-38-36-34-32-30-28-14-12-10-8-6-4-2)41-64-53-52(62)50(60)48(58)45(68-53)42-65-54-51(61)49(59)47(57)44(39-55)67-54/h43-45,47-55,57-62H,3-42H2,1-2H3. The molecule has 0 bridgehead atoms. The van der Waals surface area contributed by atoms with Crippen molar-refractivity contribution in [1.29, 1.82) is 0 Å². The number of esters is 1. The smallest absolute Gasteiger partial charge is 0.306 e. The van der Waals surface area contributed by atoms with Gasteiger partial charge in [0.25, 0.3) is 0 Å². The number of aliphatic hydroxyl groups is 7. The Morgan fingerprint density at radius 2 is 0.779 bits per heavy atom. The van der Waals surface area contributed by atoms with Crippen molar-refractivity contribution >= 4 is 5.97 Å². The number of carbonyl (C=O) groups excluding carboxylic acids is 1. The summed E-state index contributed by atoms with van der Waals surface area (Å²) in [5.74, 6) is -0.369. The lowest BCUT2D eigenvalue weighted by atomic mass is 9.98. The highest BCUT2D eigenvalue weighted by atomic mass is 16.7. The number of ether oxygens (including phenoxy) is 6. The molecule has 0 aromatic rings.